The van der Waals surface area contributed by atoms with Crippen LogP contribution >= 0.6 is 11.6 Å². The molecule has 0 unspecified atom stereocenters. The Morgan fingerprint density at radius 1 is 1.06 bits per heavy atom. The second-order valence-electron chi connectivity index (χ2n) is 4.16. The SMILES string of the molecule is Cc1ccc(NCc2ccc(O)c(O)c2)c(Cl)c1. The summed E-state index contributed by atoms with van der Waals surface area (Å²) < 4.78 is 0. The lowest BCUT2D eigenvalue weighted by Gasteiger charge is -2.09. The molecule has 0 amide bonds. The average molecular weight is 264 g/mol. The Balaban J connectivity index is 2.09. The number of anilines is 1. The molecular weight excluding hydrogens is 250 g/mol. The van der Waals surface area contributed by atoms with Gasteiger partial charge in [0, 0.05) is 6.54 Å². The highest BCUT2D eigenvalue weighted by atomic mass is 35.5. The number of rotatable bonds is 3. The van der Waals surface area contributed by atoms with E-state index in [1.54, 1.807) is 6.07 Å². The molecule has 2 aromatic carbocycles. The van der Waals surface area contributed by atoms with Crippen LogP contribution in [0.5, 0.6) is 11.5 Å². The summed E-state index contributed by atoms with van der Waals surface area (Å²) in [5.74, 6) is -0.239. The molecule has 0 fully saturated rings. The van der Waals surface area contributed by atoms with E-state index in [0.717, 1.165) is 16.8 Å². The molecule has 3 nitrogen and oxygen atoms in total. The smallest absolute Gasteiger partial charge is 0.157 e. The first-order chi connectivity index (χ1) is 8.56. The molecule has 0 atom stereocenters. The topological polar surface area (TPSA) is 52.5 Å². The summed E-state index contributed by atoms with van der Waals surface area (Å²) in [5.41, 5.74) is 2.81. The number of halogens is 1. The van der Waals surface area contributed by atoms with Crippen molar-refractivity contribution in [2.24, 2.45) is 0 Å². The number of hydrogen-bond acceptors (Lipinski definition) is 3. The van der Waals surface area contributed by atoms with E-state index in [1.807, 2.05) is 25.1 Å². The van der Waals surface area contributed by atoms with Gasteiger partial charge >= 0.3 is 0 Å². The molecule has 0 aliphatic rings. The third-order valence-corrected chi connectivity index (χ3v) is 2.96. The highest BCUT2D eigenvalue weighted by molar-refractivity contribution is 6.33. The van der Waals surface area contributed by atoms with E-state index < -0.39 is 0 Å². The van der Waals surface area contributed by atoms with E-state index in [1.165, 1.54) is 12.1 Å². The molecule has 0 aromatic heterocycles. The van der Waals surface area contributed by atoms with E-state index in [4.69, 9.17) is 11.6 Å². The maximum absolute atomic E-state index is 9.38. The van der Waals surface area contributed by atoms with Gasteiger partial charge < -0.3 is 15.5 Å². The van der Waals surface area contributed by atoms with Gasteiger partial charge in [-0.2, -0.15) is 0 Å². The fourth-order valence-electron chi connectivity index (χ4n) is 1.64. The van der Waals surface area contributed by atoms with Crippen LogP contribution in [0.2, 0.25) is 5.02 Å². The standard InChI is InChI=1S/C14H14ClNO2/c1-9-2-4-12(11(15)6-9)16-8-10-3-5-13(17)14(18)7-10/h2-7,16-18H,8H2,1H3. The van der Waals surface area contributed by atoms with E-state index in [2.05, 4.69) is 5.32 Å². The minimum atomic E-state index is -0.121. The van der Waals surface area contributed by atoms with Crippen molar-refractivity contribution in [1.29, 1.82) is 0 Å². The summed E-state index contributed by atoms with van der Waals surface area (Å²) in [6, 6.07) is 10.5. The molecule has 2 aromatic rings. The monoisotopic (exact) mass is 263 g/mol. The number of phenolic OH excluding ortho intramolecular Hbond substituents is 2. The highest BCUT2D eigenvalue weighted by Gasteiger charge is 2.03. The number of phenols is 2. The van der Waals surface area contributed by atoms with Crippen LogP contribution in [0.4, 0.5) is 5.69 Å². The van der Waals surface area contributed by atoms with Crippen molar-refractivity contribution in [3.05, 3.63) is 52.5 Å². The molecule has 18 heavy (non-hydrogen) atoms. The third-order valence-electron chi connectivity index (χ3n) is 2.65. The highest BCUT2D eigenvalue weighted by Crippen LogP contribution is 2.26. The van der Waals surface area contributed by atoms with E-state index in [9.17, 15) is 10.2 Å². The van der Waals surface area contributed by atoms with Crippen molar-refractivity contribution in [3.63, 3.8) is 0 Å². The molecule has 0 aliphatic carbocycles. The molecule has 0 saturated carbocycles. The third kappa shape index (κ3) is 2.87. The number of aromatic hydroxyl groups is 2. The van der Waals surface area contributed by atoms with Crippen LogP contribution in [-0.2, 0) is 6.54 Å². The van der Waals surface area contributed by atoms with Gasteiger partial charge in [0.15, 0.2) is 11.5 Å². The average Bonchev–Trinajstić information content (AvgIpc) is 2.32. The van der Waals surface area contributed by atoms with Crippen molar-refractivity contribution < 1.29 is 10.2 Å². The molecule has 2 rings (SSSR count). The van der Waals surface area contributed by atoms with Gasteiger partial charge in [0.2, 0.25) is 0 Å². The van der Waals surface area contributed by atoms with Gasteiger partial charge in [0.05, 0.1) is 10.7 Å². The first kappa shape index (κ1) is 12.6. The Hall–Kier alpha value is -1.87. The lowest BCUT2D eigenvalue weighted by atomic mass is 10.2. The van der Waals surface area contributed by atoms with Crippen molar-refractivity contribution >= 4 is 17.3 Å². The van der Waals surface area contributed by atoms with Crippen LogP contribution in [-0.4, -0.2) is 10.2 Å². The molecule has 0 saturated heterocycles. The van der Waals surface area contributed by atoms with Gasteiger partial charge in [-0.25, -0.2) is 0 Å². The Morgan fingerprint density at radius 2 is 1.83 bits per heavy atom. The van der Waals surface area contributed by atoms with Gasteiger partial charge in [-0.15, -0.1) is 0 Å². The van der Waals surface area contributed by atoms with Crippen molar-refractivity contribution in [1.82, 2.24) is 0 Å². The largest absolute Gasteiger partial charge is 0.504 e. The summed E-state index contributed by atoms with van der Waals surface area (Å²) in [7, 11) is 0. The van der Waals surface area contributed by atoms with E-state index in [-0.39, 0.29) is 11.5 Å². The molecule has 0 bridgehead atoms. The summed E-state index contributed by atoms with van der Waals surface area (Å²) >= 11 is 6.10. The minimum absolute atomic E-state index is 0.118. The number of hydrogen-bond donors (Lipinski definition) is 3. The van der Waals surface area contributed by atoms with Gasteiger partial charge in [-0.05, 0) is 42.3 Å². The number of aryl methyl sites for hydroxylation is 1. The summed E-state index contributed by atoms with van der Waals surface area (Å²) in [6.07, 6.45) is 0. The van der Waals surface area contributed by atoms with Crippen LogP contribution in [0, 0.1) is 6.92 Å². The van der Waals surface area contributed by atoms with Crippen molar-refractivity contribution in [2.75, 3.05) is 5.32 Å². The van der Waals surface area contributed by atoms with Crippen molar-refractivity contribution in [2.45, 2.75) is 13.5 Å². The zero-order valence-electron chi connectivity index (χ0n) is 9.94. The van der Waals surface area contributed by atoms with Crippen LogP contribution in [0.1, 0.15) is 11.1 Å². The molecule has 0 spiro atoms. The molecule has 4 heteroatoms. The van der Waals surface area contributed by atoms with E-state index in [0.29, 0.717) is 11.6 Å². The second kappa shape index (κ2) is 5.19. The van der Waals surface area contributed by atoms with Crippen LogP contribution < -0.4 is 5.32 Å². The minimum Gasteiger partial charge on any atom is -0.504 e. The maximum atomic E-state index is 9.38. The summed E-state index contributed by atoms with van der Waals surface area (Å²) in [6.45, 7) is 2.50. The molecule has 3 N–H and O–H groups in total. The fourth-order valence-corrected chi connectivity index (χ4v) is 1.94. The zero-order valence-corrected chi connectivity index (χ0v) is 10.7. The predicted octanol–water partition coefficient (Wildman–Crippen LogP) is 3.67. The number of nitrogens with one attached hydrogen (secondary N) is 1. The van der Waals surface area contributed by atoms with Gasteiger partial charge in [0.1, 0.15) is 0 Å². The molecular formula is C14H14ClNO2. The number of benzene rings is 2. The first-order valence-electron chi connectivity index (χ1n) is 5.57. The lowest BCUT2D eigenvalue weighted by molar-refractivity contribution is 0.403. The van der Waals surface area contributed by atoms with Gasteiger partial charge in [0.25, 0.3) is 0 Å². The quantitative estimate of drug-likeness (QED) is 0.741. The summed E-state index contributed by atoms with van der Waals surface area (Å²) in [4.78, 5) is 0. The van der Waals surface area contributed by atoms with E-state index >= 15 is 0 Å². The van der Waals surface area contributed by atoms with Crippen LogP contribution in [0.3, 0.4) is 0 Å². The molecule has 0 aliphatic heterocycles. The Kier molecular flexibility index (Phi) is 3.63. The summed E-state index contributed by atoms with van der Waals surface area (Å²) in [5, 5.41) is 22.4. The maximum Gasteiger partial charge on any atom is 0.157 e. The normalized spacial score (nSPS) is 10.3. The Labute approximate surface area is 111 Å². The molecule has 0 heterocycles. The van der Waals surface area contributed by atoms with Gasteiger partial charge in [-0.1, -0.05) is 23.7 Å². The van der Waals surface area contributed by atoms with Crippen LogP contribution in [0.25, 0.3) is 0 Å². The fraction of sp³-hybridized carbons (Fsp3) is 0.143. The first-order valence-corrected chi connectivity index (χ1v) is 5.95. The molecule has 0 radical (unpaired) electrons. The Bertz CT molecular complexity index is 570. The van der Waals surface area contributed by atoms with Crippen molar-refractivity contribution in [3.8, 4) is 11.5 Å². The predicted molar refractivity (Wildman–Crippen MR) is 73.3 cm³/mol. The molecule has 94 valence electrons. The Morgan fingerprint density at radius 3 is 2.50 bits per heavy atom. The second-order valence-corrected chi connectivity index (χ2v) is 4.57. The zero-order chi connectivity index (χ0) is 13.1. The lowest BCUT2D eigenvalue weighted by Crippen LogP contribution is -1.99. The van der Waals surface area contributed by atoms with Gasteiger partial charge in [-0.3, -0.25) is 0 Å². The van der Waals surface area contributed by atoms with Crippen LogP contribution in [0.15, 0.2) is 36.4 Å².